The topological polar surface area (TPSA) is 60.8 Å². The van der Waals surface area contributed by atoms with Crippen molar-refractivity contribution in [3.05, 3.63) is 27.3 Å². The molecule has 1 amide bonds. The SMILES string of the molecule is O=C(c1ccc(I)c(O)c1)N1CCCC1CCCO. The summed E-state index contributed by atoms with van der Waals surface area (Å²) in [7, 11) is 0. The molecule has 1 unspecified atom stereocenters. The number of hydrogen-bond acceptors (Lipinski definition) is 3. The summed E-state index contributed by atoms with van der Waals surface area (Å²) in [6, 6.07) is 5.26. The van der Waals surface area contributed by atoms with Crippen molar-refractivity contribution >= 4 is 28.5 Å². The van der Waals surface area contributed by atoms with Gasteiger partial charge in [-0.2, -0.15) is 0 Å². The number of phenols is 1. The smallest absolute Gasteiger partial charge is 0.254 e. The van der Waals surface area contributed by atoms with Gasteiger partial charge in [-0.1, -0.05) is 0 Å². The zero-order valence-electron chi connectivity index (χ0n) is 10.7. The molecule has 0 aliphatic carbocycles. The van der Waals surface area contributed by atoms with Crippen LogP contribution in [0.5, 0.6) is 5.75 Å². The van der Waals surface area contributed by atoms with Crippen LogP contribution in [0.2, 0.25) is 0 Å². The van der Waals surface area contributed by atoms with Crippen LogP contribution in [0, 0.1) is 3.57 Å². The van der Waals surface area contributed by atoms with E-state index in [0.717, 1.165) is 35.8 Å². The molecule has 19 heavy (non-hydrogen) atoms. The van der Waals surface area contributed by atoms with Gasteiger partial charge in [-0.05, 0) is 66.5 Å². The van der Waals surface area contributed by atoms with E-state index in [2.05, 4.69) is 0 Å². The Hall–Kier alpha value is -0.820. The number of carbonyl (C=O) groups excluding carboxylic acids is 1. The monoisotopic (exact) mass is 375 g/mol. The lowest BCUT2D eigenvalue weighted by molar-refractivity contribution is 0.0724. The molecule has 1 fully saturated rings. The van der Waals surface area contributed by atoms with E-state index in [1.54, 1.807) is 12.1 Å². The molecule has 2 rings (SSSR count). The maximum absolute atomic E-state index is 12.4. The highest BCUT2D eigenvalue weighted by atomic mass is 127. The van der Waals surface area contributed by atoms with E-state index in [1.165, 1.54) is 6.07 Å². The first-order valence-electron chi connectivity index (χ1n) is 6.54. The highest BCUT2D eigenvalue weighted by Crippen LogP contribution is 2.26. The Kier molecular flexibility index (Phi) is 5.04. The molecule has 1 atom stereocenters. The van der Waals surface area contributed by atoms with Crippen molar-refractivity contribution < 1.29 is 15.0 Å². The number of phenolic OH excluding ortho intramolecular Hbond substituents is 1. The second kappa shape index (κ2) is 6.56. The molecule has 1 aromatic rings. The van der Waals surface area contributed by atoms with Crippen molar-refractivity contribution in [2.75, 3.05) is 13.2 Å². The van der Waals surface area contributed by atoms with Crippen LogP contribution in [-0.2, 0) is 0 Å². The van der Waals surface area contributed by atoms with E-state index < -0.39 is 0 Å². The van der Waals surface area contributed by atoms with Gasteiger partial charge in [0.1, 0.15) is 5.75 Å². The van der Waals surface area contributed by atoms with Crippen molar-refractivity contribution in [2.45, 2.75) is 31.7 Å². The molecule has 1 aromatic carbocycles. The van der Waals surface area contributed by atoms with Crippen molar-refractivity contribution in [3.63, 3.8) is 0 Å². The molecule has 4 nitrogen and oxygen atoms in total. The third kappa shape index (κ3) is 3.39. The standard InChI is InChI=1S/C14H18INO3/c15-12-6-5-10(9-13(12)18)14(19)16-7-1-3-11(16)4-2-8-17/h5-6,9,11,17-18H,1-4,7-8H2. The molecule has 1 aliphatic rings. The first-order chi connectivity index (χ1) is 9.13. The summed E-state index contributed by atoms with van der Waals surface area (Å²) in [5.41, 5.74) is 0.536. The second-order valence-electron chi connectivity index (χ2n) is 4.83. The number of nitrogens with zero attached hydrogens (tertiary/aromatic N) is 1. The van der Waals surface area contributed by atoms with Gasteiger partial charge < -0.3 is 15.1 Å². The van der Waals surface area contributed by atoms with Gasteiger partial charge in [0.15, 0.2) is 0 Å². The van der Waals surface area contributed by atoms with Crippen LogP contribution < -0.4 is 0 Å². The van der Waals surface area contributed by atoms with Crippen LogP contribution in [-0.4, -0.2) is 40.2 Å². The van der Waals surface area contributed by atoms with Crippen LogP contribution >= 0.6 is 22.6 Å². The molecule has 1 saturated heterocycles. The van der Waals surface area contributed by atoms with Gasteiger partial charge in [-0.25, -0.2) is 0 Å². The molecule has 1 aliphatic heterocycles. The Morgan fingerprint density at radius 1 is 1.47 bits per heavy atom. The zero-order valence-corrected chi connectivity index (χ0v) is 12.8. The Labute approximate surface area is 126 Å². The molecule has 0 spiro atoms. The van der Waals surface area contributed by atoms with Gasteiger partial charge in [-0.3, -0.25) is 4.79 Å². The summed E-state index contributed by atoms with van der Waals surface area (Å²) in [6.07, 6.45) is 3.59. The van der Waals surface area contributed by atoms with Crippen LogP contribution in [0.1, 0.15) is 36.0 Å². The minimum absolute atomic E-state index is 0.0212. The van der Waals surface area contributed by atoms with Crippen LogP contribution in [0.25, 0.3) is 0 Å². The summed E-state index contributed by atoms with van der Waals surface area (Å²) in [5.74, 6) is 0.129. The molecule has 0 aromatic heterocycles. The number of rotatable bonds is 4. The number of halogens is 1. The predicted molar refractivity (Wildman–Crippen MR) is 81.2 cm³/mol. The molecule has 0 radical (unpaired) electrons. The summed E-state index contributed by atoms with van der Waals surface area (Å²) in [5, 5.41) is 18.6. The van der Waals surface area contributed by atoms with Gasteiger partial charge in [-0.15, -0.1) is 0 Å². The quantitative estimate of drug-likeness (QED) is 0.795. The summed E-state index contributed by atoms with van der Waals surface area (Å²) < 4.78 is 0.743. The normalized spacial score (nSPS) is 18.8. The van der Waals surface area contributed by atoms with Crippen molar-refractivity contribution in [1.29, 1.82) is 0 Å². The molecule has 5 heteroatoms. The maximum Gasteiger partial charge on any atom is 0.254 e. The molecular weight excluding hydrogens is 357 g/mol. The predicted octanol–water partition coefficient (Wildman–Crippen LogP) is 2.37. The fourth-order valence-corrected chi connectivity index (χ4v) is 2.88. The third-order valence-corrected chi connectivity index (χ3v) is 4.44. The number of carbonyl (C=O) groups is 1. The van der Waals surface area contributed by atoms with Crippen LogP contribution in [0.15, 0.2) is 18.2 Å². The van der Waals surface area contributed by atoms with Crippen LogP contribution in [0.3, 0.4) is 0 Å². The van der Waals surface area contributed by atoms with Crippen molar-refractivity contribution in [1.82, 2.24) is 4.90 Å². The fraction of sp³-hybridized carbons (Fsp3) is 0.500. The summed E-state index contributed by atoms with van der Waals surface area (Å²) >= 11 is 2.03. The van der Waals surface area contributed by atoms with Crippen LogP contribution in [0.4, 0.5) is 0 Å². The van der Waals surface area contributed by atoms with Crippen molar-refractivity contribution in [3.8, 4) is 5.75 Å². The number of hydrogen-bond donors (Lipinski definition) is 2. The van der Waals surface area contributed by atoms with Crippen molar-refractivity contribution in [2.24, 2.45) is 0 Å². The van der Waals surface area contributed by atoms with E-state index >= 15 is 0 Å². The molecule has 2 N–H and O–H groups in total. The molecular formula is C14H18INO3. The number of aliphatic hydroxyl groups excluding tert-OH is 1. The molecule has 1 heterocycles. The highest BCUT2D eigenvalue weighted by molar-refractivity contribution is 14.1. The van der Waals surface area contributed by atoms with Gasteiger partial charge in [0.05, 0.1) is 3.57 Å². The maximum atomic E-state index is 12.4. The van der Waals surface area contributed by atoms with Gasteiger partial charge in [0, 0.05) is 24.8 Å². The fourth-order valence-electron chi connectivity index (χ4n) is 2.54. The van der Waals surface area contributed by atoms with Gasteiger partial charge >= 0.3 is 0 Å². The molecule has 104 valence electrons. The largest absolute Gasteiger partial charge is 0.507 e. The van der Waals surface area contributed by atoms with E-state index in [9.17, 15) is 9.90 Å². The lowest BCUT2D eigenvalue weighted by atomic mass is 10.1. The number of aliphatic hydroxyl groups is 1. The van der Waals surface area contributed by atoms with E-state index in [0.29, 0.717) is 5.56 Å². The minimum atomic E-state index is -0.0212. The number of likely N-dealkylation sites (tertiary alicyclic amines) is 1. The average molecular weight is 375 g/mol. The Balaban J connectivity index is 2.11. The Morgan fingerprint density at radius 2 is 2.26 bits per heavy atom. The number of benzene rings is 1. The third-order valence-electron chi connectivity index (χ3n) is 3.53. The Bertz CT molecular complexity index is 464. The van der Waals surface area contributed by atoms with E-state index in [4.69, 9.17) is 5.11 Å². The Morgan fingerprint density at radius 3 is 2.95 bits per heavy atom. The highest BCUT2D eigenvalue weighted by Gasteiger charge is 2.29. The lowest BCUT2D eigenvalue weighted by Gasteiger charge is -2.24. The first kappa shape index (κ1) is 14.6. The minimum Gasteiger partial charge on any atom is -0.507 e. The first-order valence-corrected chi connectivity index (χ1v) is 7.61. The van der Waals surface area contributed by atoms with Gasteiger partial charge in [0.2, 0.25) is 0 Å². The number of amides is 1. The zero-order chi connectivity index (χ0) is 13.8. The average Bonchev–Trinajstić information content (AvgIpc) is 2.87. The van der Waals surface area contributed by atoms with E-state index in [1.807, 2.05) is 27.5 Å². The molecule has 0 bridgehead atoms. The molecule has 0 saturated carbocycles. The second-order valence-corrected chi connectivity index (χ2v) is 5.99. The summed E-state index contributed by atoms with van der Waals surface area (Å²) in [6.45, 7) is 0.935. The summed E-state index contributed by atoms with van der Waals surface area (Å²) in [4.78, 5) is 14.3. The lowest BCUT2D eigenvalue weighted by Crippen LogP contribution is -2.35. The van der Waals surface area contributed by atoms with E-state index in [-0.39, 0.29) is 24.3 Å². The van der Waals surface area contributed by atoms with Gasteiger partial charge in [0.25, 0.3) is 5.91 Å². The number of aromatic hydroxyl groups is 1.